The van der Waals surface area contributed by atoms with Crippen molar-refractivity contribution in [1.29, 1.82) is 0 Å². The van der Waals surface area contributed by atoms with Crippen LogP contribution < -0.4 is 10.0 Å². The SMILES string of the molecule is O=S(=O)(CC1CCCN1)NCc1ncc[nH]1. The van der Waals surface area contributed by atoms with Gasteiger partial charge in [-0.1, -0.05) is 0 Å². The van der Waals surface area contributed by atoms with Gasteiger partial charge in [-0.05, 0) is 19.4 Å². The predicted octanol–water partition coefficient (Wildman–Crippen LogP) is -0.419. The summed E-state index contributed by atoms with van der Waals surface area (Å²) in [6.45, 7) is 1.14. The minimum absolute atomic E-state index is 0.0918. The molecule has 1 aromatic heterocycles. The van der Waals surface area contributed by atoms with Crippen molar-refractivity contribution in [2.45, 2.75) is 25.4 Å². The van der Waals surface area contributed by atoms with E-state index < -0.39 is 10.0 Å². The lowest BCUT2D eigenvalue weighted by Crippen LogP contribution is -2.36. The third kappa shape index (κ3) is 3.29. The van der Waals surface area contributed by atoms with Gasteiger partial charge in [-0.25, -0.2) is 18.1 Å². The molecule has 0 bridgehead atoms. The number of nitrogens with one attached hydrogen (secondary N) is 3. The molecule has 1 aliphatic heterocycles. The van der Waals surface area contributed by atoms with E-state index in [0.29, 0.717) is 5.82 Å². The Morgan fingerprint density at radius 2 is 2.44 bits per heavy atom. The Labute approximate surface area is 94.9 Å². The van der Waals surface area contributed by atoms with Crippen molar-refractivity contribution in [3.8, 4) is 0 Å². The molecule has 0 amide bonds. The second-order valence-electron chi connectivity index (χ2n) is 3.93. The Morgan fingerprint density at radius 1 is 1.56 bits per heavy atom. The Bertz CT molecular complexity index is 409. The van der Waals surface area contributed by atoms with Gasteiger partial charge in [0.2, 0.25) is 10.0 Å². The van der Waals surface area contributed by atoms with Crippen LogP contribution in [0.4, 0.5) is 0 Å². The molecule has 1 atom stereocenters. The molecule has 0 aliphatic carbocycles. The molecule has 6 nitrogen and oxygen atoms in total. The minimum Gasteiger partial charge on any atom is -0.347 e. The van der Waals surface area contributed by atoms with E-state index in [1.54, 1.807) is 12.4 Å². The summed E-state index contributed by atoms with van der Waals surface area (Å²) >= 11 is 0. The number of hydrogen-bond acceptors (Lipinski definition) is 4. The molecule has 2 rings (SSSR count). The molecule has 3 N–H and O–H groups in total. The zero-order chi connectivity index (χ0) is 11.4. The van der Waals surface area contributed by atoms with E-state index in [-0.39, 0.29) is 18.3 Å². The number of H-pyrrole nitrogens is 1. The first-order valence-electron chi connectivity index (χ1n) is 5.35. The number of aromatic nitrogens is 2. The summed E-state index contributed by atoms with van der Waals surface area (Å²) < 4.78 is 25.9. The fourth-order valence-corrected chi connectivity index (χ4v) is 3.08. The number of imidazole rings is 1. The fourth-order valence-electron chi connectivity index (χ4n) is 1.80. The van der Waals surface area contributed by atoms with Crippen LogP contribution in [0.3, 0.4) is 0 Å². The molecule has 7 heteroatoms. The zero-order valence-electron chi connectivity index (χ0n) is 8.94. The number of nitrogens with zero attached hydrogens (tertiary/aromatic N) is 1. The highest BCUT2D eigenvalue weighted by molar-refractivity contribution is 7.89. The Balaban J connectivity index is 1.82. The largest absolute Gasteiger partial charge is 0.347 e. The molecular formula is C9H16N4O2S. The molecule has 90 valence electrons. The highest BCUT2D eigenvalue weighted by atomic mass is 32.2. The zero-order valence-corrected chi connectivity index (χ0v) is 9.76. The summed E-state index contributed by atoms with van der Waals surface area (Å²) in [6.07, 6.45) is 5.25. The van der Waals surface area contributed by atoms with Crippen LogP contribution in [0.25, 0.3) is 0 Å². The molecule has 16 heavy (non-hydrogen) atoms. The molecule has 1 aliphatic rings. The van der Waals surface area contributed by atoms with Gasteiger partial charge in [-0.3, -0.25) is 0 Å². The molecule has 0 spiro atoms. The second-order valence-corrected chi connectivity index (χ2v) is 5.78. The van der Waals surface area contributed by atoms with E-state index in [4.69, 9.17) is 0 Å². The molecule has 1 fully saturated rings. The summed E-state index contributed by atoms with van der Waals surface area (Å²) in [5, 5.41) is 3.16. The van der Waals surface area contributed by atoms with Crippen molar-refractivity contribution in [1.82, 2.24) is 20.0 Å². The van der Waals surface area contributed by atoms with E-state index in [2.05, 4.69) is 20.0 Å². The van der Waals surface area contributed by atoms with Gasteiger partial charge in [0.15, 0.2) is 0 Å². The lowest BCUT2D eigenvalue weighted by molar-refractivity contribution is 0.562. The predicted molar refractivity (Wildman–Crippen MR) is 60.2 cm³/mol. The van der Waals surface area contributed by atoms with Crippen molar-refractivity contribution < 1.29 is 8.42 Å². The van der Waals surface area contributed by atoms with Crippen LogP contribution in [0.5, 0.6) is 0 Å². The van der Waals surface area contributed by atoms with Crippen molar-refractivity contribution in [2.75, 3.05) is 12.3 Å². The fraction of sp³-hybridized carbons (Fsp3) is 0.667. The summed E-state index contributed by atoms with van der Waals surface area (Å²) in [7, 11) is -3.21. The lowest BCUT2D eigenvalue weighted by Gasteiger charge is -2.10. The maximum Gasteiger partial charge on any atom is 0.213 e. The van der Waals surface area contributed by atoms with Gasteiger partial charge in [0.25, 0.3) is 0 Å². The van der Waals surface area contributed by atoms with E-state index in [0.717, 1.165) is 19.4 Å². The summed E-state index contributed by atoms with van der Waals surface area (Å²) in [4.78, 5) is 6.80. The monoisotopic (exact) mass is 244 g/mol. The number of aromatic amines is 1. The third-order valence-electron chi connectivity index (χ3n) is 2.60. The summed E-state index contributed by atoms with van der Waals surface area (Å²) in [5.74, 6) is 0.774. The van der Waals surface area contributed by atoms with Crippen LogP contribution in [0.15, 0.2) is 12.4 Å². The van der Waals surface area contributed by atoms with Crippen molar-refractivity contribution >= 4 is 10.0 Å². The van der Waals surface area contributed by atoms with Gasteiger partial charge < -0.3 is 10.3 Å². The average molecular weight is 244 g/mol. The van der Waals surface area contributed by atoms with E-state index in [1.165, 1.54) is 0 Å². The topological polar surface area (TPSA) is 86.9 Å². The highest BCUT2D eigenvalue weighted by Gasteiger charge is 2.21. The quantitative estimate of drug-likeness (QED) is 0.656. The lowest BCUT2D eigenvalue weighted by atomic mass is 10.3. The van der Waals surface area contributed by atoms with Gasteiger partial charge in [0.1, 0.15) is 5.82 Å². The molecule has 1 unspecified atom stereocenters. The minimum atomic E-state index is -3.21. The maximum atomic E-state index is 11.7. The van der Waals surface area contributed by atoms with E-state index in [1.807, 2.05) is 0 Å². The van der Waals surface area contributed by atoms with Crippen LogP contribution in [0, 0.1) is 0 Å². The van der Waals surface area contributed by atoms with Crippen LogP contribution in [0.2, 0.25) is 0 Å². The first-order valence-corrected chi connectivity index (χ1v) is 7.00. The van der Waals surface area contributed by atoms with E-state index >= 15 is 0 Å². The van der Waals surface area contributed by atoms with Crippen LogP contribution in [-0.4, -0.2) is 36.7 Å². The van der Waals surface area contributed by atoms with Gasteiger partial charge in [0.05, 0.1) is 12.3 Å². The Kier molecular flexibility index (Phi) is 3.57. The number of rotatable bonds is 5. The van der Waals surface area contributed by atoms with Crippen LogP contribution >= 0.6 is 0 Å². The number of sulfonamides is 1. The Morgan fingerprint density at radius 3 is 3.06 bits per heavy atom. The summed E-state index contributed by atoms with van der Waals surface area (Å²) in [5.41, 5.74) is 0. The molecule has 0 saturated carbocycles. The smallest absolute Gasteiger partial charge is 0.213 e. The van der Waals surface area contributed by atoms with Crippen molar-refractivity contribution in [3.63, 3.8) is 0 Å². The van der Waals surface area contributed by atoms with Gasteiger partial charge in [-0.15, -0.1) is 0 Å². The van der Waals surface area contributed by atoms with Crippen molar-refractivity contribution in [3.05, 3.63) is 18.2 Å². The number of hydrogen-bond donors (Lipinski definition) is 3. The Hall–Kier alpha value is -0.920. The third-order valence-corrected chi connectivity index (χ3v) is 4.02. The average Bonchev–Trinajstić information content (AvgIpc) is 2.85. The highest BCUT2D eigenvalue weighted by Crippen LogP contribution is 2.07. The second kappa shape index (κ2) is 4.94. The standard InChI is InChI=1S/C9H16N4O2S/c14-16(15,7-8-2-1-3-10-8)13-6-9-11-4-5-12-9/h4-5,8,10,13H,1-3,6-7H2,(H,11,12). The molecule has 2 heterocycles. The van der Waals surface area contributed by atoms with Gasteiger partial charge in [0, 0.05) is 18.4 Å². The van der Waals surface area contributed by atoms with Crippen LogP contribution in [-0.2, 0) is 16.6 Å². The molecule has 1 saturated heterocycles. The molecule has 0 radical (unpaired) electrons. The van der Waals surface area contributed by atoms with E-state index in [9.17, 15) is 8.42 Å². The van der Waals surface area contributed by atoms with Crippen LogP contribution in [0.1, 0.15) is 18.7 Å². The molecular weight excluding hydrogens is 228 g/mol. The first kappa shape index (κ1) is 11.6. The summed E-state index contributed by atoms with van der Waals surface area (Å²) in [6, 6.07) is 0.0918. The first-order chi connectivity index (χ1) is 7.66. The molecule has 1 aromatic rings. The van der Waals surface area contributed by atoms with Gasteiger partial charge in [-0.2, -0.15) is 0 Å². The normalized spacial score (nSPS) is 21.4. The van der Waals surface area contributed by atoms with Crippen molar-refractivity contribution in [2.24, 2.45) is 0 Å². The van der Waals surface area contributed by atoms with Gasteiger partial charge >= 0.3 is 0 Å². The maximum absolute atomic E-state index is 11.7. The molecule has 0 aromatic carbocycles.